The quantitative estimate of drug-likeness (QED) is 0.736. The molecule has 2 rings (SSSR count). The predicted octanol–water partition coefficient (Wildman–Crippen LogP) is 1.83. The number of hydrogen-bond acceptors (Lipinski definition) is 4. The van der Waals surface area contributed by atoms with Gasteiger partial charge in [-0.1, -0.05) is 12.8 Å². The summed E-state index contributed by atoms with van der Waals surface area (Å²) in [5, 5.41) is 5.49. The molecule has 2 amide bonds. The van der Waals surface area contributed by atoms with Crippen LogP contribution in [0.2, 0.25) is 0 Å². The minimum absolute atomic E-state index is 0. The number of halogens is 1. The van der Waals surface area contributed by atoms with Gasteiger partial charge in [0.15, 0.2) is 6.61 Å². The van der Waals surface area contributed by atoms with Gasteiger partial charge in [-0.25, -0.2) is 0 Å². The minimum atomic E-state index is -0.743. The van der Waals surface area contributed by atoms with Crippen LogP contribution in [0.3, 0.4) is 0 Å². The van der Waals surface area contributed by atoms with Crippen LogP contribution in [-0.4, -0.2) is 30.5 Å². The average Bonchev–Trinajstić information content (AvgIpc) is 2.95. The molecule has 0 unspecified atom stereocenters. The number of carbonyl (C=O) groups is 2. The van der Waals surface area contributed by atoms with Gasteiger partial charge in [-0.3, -0.25) is 9.59 Å². The molecule has 6 nitrogen and oxygen atoms in total. The van der Waals surface area contributed by atoms with E-state index in [0.717, 1.165) is 25.7 Å². The van der Waals surface area contributed by atoms with Crippen LogP contribution in [0.15, 0.2) is 24.3 Å². The lowest BCUT2D eigenvalue weighted by molar-refractivity contribution is -0.123. The highest BCUT2D eigenvalue weighted by atomic mass is 35.5. The predicted molar refractivity (Wildman–Crippen MR) is 91.9 cm³/mol. The van der Waals surface area contributed by atoms with Crippen LogP contribution < -0.4 is 21.1 Å². The highest BCUT2D eigenvalue weighted by molar-refractivity contribution is 5.98. The van der Waals surface area contributed by atoms with E-state index in [1.54, 1.807) is 24.3 Å². The third-order valence-electron chi connectivity index (χ3n) is 3.80. The SMILES string of the molecule is CCNC(=O)COc1ccc(NC(=O)C2(N)CCCC2)cc1.Cl. The molecule has 1 aliphatic rings. The maximum Gasteiger partial charge on any atom is 0.257 e. The molecular formula is C16H24ClN3O3. The summed E-state index contributed by atoms with van der Waals surface area (Å²) in [6.07, 6.45) is 3.45. The van der Waals surface area contributed by atoms with Crippen molar-refractivity contribution in [2.45, 2.75) is 38.1 Å². The Hall–Kier alpha value is -1.79. The second kappa shape index (κ2) is 8.74. The number of rotatable bonds is 6. The van der Waals surface area contributed by atoms with Gasteiger partial charge in [-0.05, 0) is 44.0 Å². The maximum absolute atomic E-state index is 12.2. The molecule has 0 saturated heterocycles. The van der Waals surface area contributed by atoms with E-state index in [2.05, 4.69) is 10.6 Å². The molecule has 0 aliphatic heterocycles. The fourth-order valence-corrected chi connectivity index (χ4v) is 2.52. The summed E-state index contributed by atoms with van der Waals surface area (Å²) in [6, 6.07) is 6.91. The van der Waals surface area contributed by atoms with Crippen molar-refractivity contribution in [2.75, 3.05) is 18.5 Å². The second-order valence-corrected chi connectivity index (χ2v) is 5.58. The second-order valence-electron chi connectivity index (χ2n) is 5.58. The molecule has 1 aromatic carbocycles. The lowest BCUT2D eigenvalue weighted by atomic mass is 9.98. The molecule has 1 fully saturated rings. The van der Waals surface area contributed by atoms with E-state index in [4.69, 9.17) is 10.5 Å². The number of carbonyl (C=O) groups excluding carboxylic acids is 2. The van der Waals surface area contributed by atoms with Crippen LogP contribution in [0.1, 0.15) is 32.6 Å². The van der Waals surface area contributed by atoms with Gasteiger partial charge in [-0.2, -0.15) is 0 Å². The number of nitrogens with one attached hydrogen (secondary N) is 2. The van der Waals surface area contributed by atoms with Crippen LogP contribution in [0.4, 0.5) is 5.69 Å². The van der Waals surface area contributed by atoms with Gasteiger partial charge >= 0.3 is 0 Å². The summed E-state index contributed by atoms with van der Waals surface area (Å²) >= 11 is 0. The topological polar surface area (TPSA) is 93.5 Å². The third-order valence-corrected chi connectivity index (χ3v) is 3.80. The molecule has 0 spiro atoms. The zero-order chi connectivity index (χ0) is 16.0. The molecule has 0 heterocycles. The van der Waals surface area contributed by atoms with E-state index in [-0.39, 0.29) is 30.8 Å². The lowest BCUT2D eigenvalue weighted by Crippen LogP contribution is -2.48. The Morgan fingerprint density at radius 1 is 1.22 bits per heavy atom. The van der Waals surface area contributed by atoms with Gasteiger partial charge in [0.2, 0.25) is 5.91 Å². The zero-order valence-electron chi connectivity index (χ0n) is 13.3. The molecule has 0 aromatic heterocycles. The van der Waals surface area contributed by atoms with Crippen LogP contribution >= 0.6 is 12.4 Å². The van der Waals surface area contributed by atoms with Gasteiger partial charge in [-0.15, -0.1) is 12.4 Å². The molecule has 7 heteroatoms. The number of benzene rings is 1. The van der Waals surface area contributed by atoms with E-state index in [0.29, 0.717) is 18.0 Å². The Labute approximate surface area is 142 Å². The summed E-state index contributed by atoms with van der Waals surface area (Å²) in [7, 11) is 0. The van der Waals surface area contributed by atoms with Crippen LogP contribution in [-0.2, 0) is 9.59 Å². The minimum Gasteiger partial charge on any atom is -0.484 e. The highest BCUT2D eigenvalue weighted by Crippen LogP contribution is 2.28. The Balaban J connectivity index is 0.00000264. The first kappa shape index (κ1) is 19.3. The van der Waals surface area contributed by atoms with E-state index in [9.17, 15) is 9.59 Å². The zero-order valence-corrected chi connectivity index (χ0v) is 14.1. The summed E-state index contributed by atoms with van der Waals surface area (Å²) in [5.41, 5.74) is 6.04. The monoisotopic (exact) mass is 341 g/mol. The van der Waals surface area contributed by atoms with Crippen molar-refractivity contribution in [3.63, 3.8) is 0 Å². The van der Waals surface area contributed by atoms with Crippen LogP contribution in [0.5, 0.6) is 5.75 Å². The van der Waals surface area contributed by atoms with E-state index in [1.807, 2.05) is 6.92 Å². The first-order valence-electron chi connectivity index (χ1n) is 7.63. The normalized spacial score (nSPS) is 15.4. The number of ether oxygens (including phenoxy) is 1. The van der Waals surface area contributed by atoms with Crippen molar-refractivity contribution in [3.05, 3.63) is 24.3 Å². The Kier molecular flexibility index (Phi) is 7.32. The number of anilines is 1. The fraction of sp³-hybridized carbons (Fsp3) is 0.500. The van der Waals surface area contributed by atoms with Crippen LogP contribution in [0.25, 0.3) is 0 Å². The standard InChI is InChI=1S/C16H23N3O3.ClH/c1-2-18-14(20)11-22-13-7-5-12(6-8-13)19-15(21)16(17)9-3-4-10-16;/h5-8H,2-4,9-11,17H2,1H3,(H,18,20)(H,19,21);1H. The molecule has 23 heavy (non-hydrogen) atoms. The number of nitrogens with two attached hydrogens (primary N) is 1. The fourth-order valence-electron chi connectivity index (χ4n) is 2.52. The van der Waals surface area contributed by atoms with Gasteiger partial charge in [0.1, 0.15) is 5.75 Å². The van der Waals surface area contributed by atoms with Crippen molar-refractivity contribution in [2.24, 2.45) is 5.73 Å². The number of likely N-dealkylation sites (N-methyl/N-ethyl adjacent to an activating group) is 1. The van der Waals surface area contributed by atoms with Crippen molar-refractivity contribution < 1.29 is 14.3 Å². The van der Waals surface area contributed by atoms with Gasteiger partial charge in [0.05, 0.1) is 5.54 Å². The molecular weight excluding hydrogens is 318 g/mol. The van der Waals surface area contributed by atoms with E-state index in [1.165, 1.54) is 0 Å². The molecule has 1 aromatic rings. The average molecular weight is 342 g/mol. The Bertz CT molecular complexity index is 528. The van der Waals surface area contributed by atoms with Gasteiger partial charge < -0.3 is 21.1 Å². The lowest BCUT2D eigenvalue weighted by Gasteiger charge is -2.22. The third kappa shape index (κ3) is 5.41. The Morgan fingerprint density at radius 2 is 1.83 bits per heavy atom. The maximum atomic E-state index is 12.2. The molecule has 1 saturated carbocycles. The smallest absolute Gasteiger partial charge is 0.257 e. The number of hydrogen-bond donors (Lipinski definition) is 3. The molecule has 128 valence electrons. The molecule has 1 aliphatic carbocycles. The summed E-state index contributed by atoms with van der Waals surface area (Å²) < 4.78 is 5.35. The first-order chi connectivity index (χ1) is 10.5. The van der Waals surface area contributed by atoms with Gasteiger partial charge in [0.25, 0.3) is 5.91 Å². The number of amides is 2. The van der Waals surface area contributed by atoms with Crippen molar-refractivity contribution in [1.82, 2.24) is 5.32 Å². The van der Waals surface area contributed by atoms with Crippen molar-refractivity contribution in [3.8, 4) is 5.75 Å². The van der Waals surface area contributed by atoms with Crippen LogP contribution in [0, 0.1) is 0 Å². The van der Waals surface area contributed by atoms with Crippen molar-refractivity contribution >= 4 is 29.9 Å². The van der Waals surface area contributed by atoms with E-state index >= 15 is 0 Å². The first-order valence-corrected chi connectivity index (χ1v) is 7.63. The summed E-state index contributed by atoms with van der Waals surface area (Å²) in [4.78, 5) is 23.5. The summed E-state index contributed by atoms with van der Waals surface area (Å²) in [5.74, 6) is 0.278. The van der Waals surface area contributed by atoms with Crippen molar-refractivity contribution in [1.29, 1.82) is 0 Å². The van der Waals surface area contributed by atoms with E-state index < -0.39 is 5.54 Å². The molecule has 0 bridgehead atoms. The summed E-state index contributed by atoms with van der Waals surface area (Å²) in [6.45, 7) is 2.41. The highest BCUT2D eigenvalue weighted by Gasteiger charge is 2.36. The largest absolute Gasteiger partial charge is 0.484 e. The Morgan fingerprint density at radius 3 is 2.39 bits per heavy atom. The van der Waals surface area contributed by atoms with Gasteiger partial charge in [0, 0.05) is 12.2 Å². The molecule has 4 N–H and O–H groups in total. The molecule has 0 atom stereocenters. The molecule has 0 radical (unpaired) electrons.